The number of thioether (sulfide) groups is 1. The maximum Gasteiger partial charge on any atom is 0.222 e. The van der Waals surface area contributed by atoms with Crippen LogP contribution in [-0.4, -0.2) is 40.4 Å². The minimum absolute atomic E-state index is 0.264. The number of hydrogen-bond acceptors (Lipinski definition) is 6. The second-order valence-corrected chi connectivity index (χ2v) is 7.35. The van der Waals surface area contributed by atoms with Crippen molar-refractivity contribution in [1.82, 2.24) is 28.9 Å². The molecule has 0 radical (unpaired) electrons. The molecule has 4 aromatic rings. The lowest BCUT2D eigenvalue weighted by molar-refractivity contribution is 0.488. The fourth-order valence-corrected chi connectivity index (χ4v) is 4.64. The Kier molecular flexibility index (Phi) is 3.37. The number of imidazole rings is 2. The SMILES string of the molecule is Nc1nc(-c2ccccn2)c2c(n1)n(C1CCSCC1)c1nccn21. The zero-order valence-corrected chi connectivity index (χ0v) is 14.4. The highest BCUT2D eigenvalue weighted by Crippen LogP contribution is 2.35. The lowest BCUT2D eigenvalue weighted by atomic mass is 10.1. The van der Waals surface area contributed by atoms with Crippen LogP contribution in [0.25, 0.3) is 28.3 Å². The van der Waals surface area contributed by atoms with Gasteiger partial charge in [-0.1, -0.05) is 6.07 Å². The van der Waals surface area contributed by atoms with Gasteiger partial charge in [-0.3, -0.25) is 14.0 Å². The van der Waals surface area contributed by atoms with Crippen LogP contribution in [0.5, 0.6) is 0 Å². The molecular formula is C17H17N7S. The van der Waals surface area contributed by atoms with Crippen molar-refractivity contribution in [2.75, 3.05) is 17.2 Å². The third-order valence-electron chi connectivity index (χ3n) is 4.65. The van der Waals surface area contributed by atoms with Crippen molar-refractivity contribution in [2.45, 2.75) is 18.9 Å². The monoisotopic (exact) mass is 351 g/mol. The third kappa shape index (κ3) is 2.28. The molecule has 5 rings (SSSR count). The molecule has 0 atom stereocenters. The van der Waals surface area contributed by atoms with Gasteiger partial charge in [-0.15, -0.1) is 0 Å². The number of hydrogen-bond donors (Lipinski definition) is 1. The van der Waals surface area contributed by atoms with E-state index in [1.165, 1.54) is 0 Å². The minimum atomic E-state index is 0.264. The van der Waals surface area contributed by atoms with Gasteiger partial charge in [0.1, 0.15) is 11.2 Å². The molecule has 0 amide bonds. The van der Waals surface area contributed by atoms with Gasteiger partial charge in [-0.25, -0.2) is 9.97 Å². The van der Waals surface area contributed by atoms with Crippen molar-refractivity contribution in [2.24, 2.45) is 0 Å². The molecule has 25 heavy (non-hydrogen) atoms. The topological polar surface area (TPSA) is 86.9 Å². The molecule has 0 saturated carbocycles. The first-order valence-corrected chi connectivity index (χ1v) is 9.48. The Morgan fingerprint density at radius 1 is 1.08 bits per heavy atom. The maximum atomic E-state index is 6.05. The molecule has 4 aromatic heterocycles. The predicted octanol–water partition coefficient (Wildman–Crippen LogP) is 2.79. The molecule has 0 spiro atoms. The van der Waals surface area contributed by atoms with Crippen molar-refractivity contribution >= 4 is 34.7 Å². The molecule has 1 aliphatic rings. The molecule has 1 fully saturated rings. The molecular weight excluding hydrogens is 334 g/mol. The van der Waals surface area contributed by atoms with E-state index in [2.05, 4.69) is 28.9 Å². The molecule has 1 aliphatic heterocycles. The van der Waals surface area contributed by atoms with Crippen LogP contribution in [0.2, 0.25) is 0 Å². The molecule has 0 aliphatic carbocycles. The van der Waals surface area contributed by atoms with Crippen LogP contribution in [0.15, 0.2) is 36.8 Å². The number of aromatic nitrogens is 6. The Hall–Kier alpha value is -2.61. The minimum Gasteiger partial charge on any atom is -0.368 e. The Morgan fingerprint density at radius 2 is 1.96 bits per heavy atom. The first kappa shape index (κ1) is 14.7. The number of rotatable bonds is 2. The third-order valence-corrected chi connectivity index (χ3v) is 5.70. The first-order valence-electron chi connectivity index (χ1n) is 8.32. The van der Waals surface area contributed by atoms with E-state index >= 15 is 0 Å². The molecule has 0 unspecified atom stereocenters. The summed E-state index contributed by atoms with van der Waals surface area (Å²) in [6, 6.07) is 6.17. The lowest BCUT2D eigenvalue weighted by Gasteiger charge is -2.23. The van der Waals surface area contributed by atoms with Gasteiger partial charge in [0.2, 0.25) is 11.7 Å². The first-order chi connectivity index (χ1) is 12.3. The van der Waals surface area contributed by atoms with Crippen molar-refractivity contribution in [3.8, 4) is 11.4 Å². The molecule has 0 aromatic carbocycles. The van der Waals surface area contributed by atoms with Crippen molar-refractivity contribution in [3.63, 3.8) is 0 Å². The largest absolute Gasteiger partial charge is 0.368 e. The number of fused-ring (bicyclic) bond motifs is 3. The van der Waals surface area contributed by atoms with E-state index in [9.17, 15) is 0 Å². The van der Waals surface area contributed by atoms with E-state index in [0.29, 0.717) is 6.04 Å². The number of nitrogens with zero attached hydrogens (tertiary/aromatic N) is 6. The summed E-state index contributed by atoms with van der Waals surface area (Å²) >= 11 is 2.00. The maximum absolute atomic E-state index is 6.05. The normalized spacial score (nSPS) is 16.0. The van der Waals surface area contributed by atoms with Crippen LogP contribution in [0, 0.1) is 0 Å². The van der Waals surface area contributed by atoms with Crippen LogP contribution >= 0.6 is 11.8 Å². The standard InChI is InChI=1S/C17H17N7S/c18-16-21-13(12-3-1-2-6-19-12)14-15(22-16)24(11-4-9-25-10-5-11)17-20-7-8-23(14)17/h1-3,6-8,11H,4-5,9-10H2,(H2,18,21,22). The van der Waals surface area contributed by atoms with Gasteiger partial charge in [0.15, 0.2) is 5.65 Å². The Balaban J connectivity index is 1.86. The van der Waals surface area contributed by atoms with Crippen molar-refractivity contribution < 1.29 is 0 Å². The van der Waals surface area contributed by atoms with Crippen LogP contribution in [0.3, 0.4) is 0 Å². The summed E-state index contributed by atoms with van der Waals surface area (Å²) in [5, 5.41) is 0. The Labute approximate surface area is 148 Å². The number of nitrogen functional groups attached to an aromatic ring is 1. The molecule has 2 N–H and O–H groups in total. The number of nitrogens with two attached hydrogens (primary N) is 1. The van der Waals surface area contributed by atoms with E-state index in [1.807, 2.05) is 42.4 Å². The lowest BCUT2D eigenvalue weighted by Crippen LogP contribution is -2.16. The summed E-state index contributed by atoms with van der Waals surface area (Å²) in [5.41, 5.74) is 9.34. The highest BCUT2D eigenvalue weighted by Gasteiger charge is 2.25. The van der Waals surface area contributed by atoms with Crippen molar-refractivity contribution in [1.29, 1.82) is 0 Å². The molecule has 7 nitrogen and oxygen atoms in total. The van der Waals surface area contributed by atoms with Crippen LogP contribution in [-0.2, 0) is 0 Å². The Morgan fingerprint density at radius 3 is 2.76 bits per heavy atom. The summed E-state index contributed by atoms with van der Waals surface area (Å²) in [5.74, 6) is 3.47. The molecule has 0 bridgehead atoms. The van der Waals surface area contributed by atoms with E-state index in [4.69, 9.17) is 5.73 Å². The summed E-state index contributed by atoms with van der Waals surface area (Å²) < 4.78 is 4.29. The second kappa shape index (κ2) is 5.73. The average Bonchev–Trinajstić information content (AvgIpc) is 3.22. The average molecular weight is 351 g/mol. The molecule has 126 valence electrons. The summed E-state index contributed by atoms with van der Waals surface area (Å²) in [4.78, 5) is 18.1. The van der Waals surface area contributed by atoms with E-state index in [1.54, 1.807) is 6.20 Å². The molecule has 8 heteroatoms. The van der Waals surface area contributed by atoms with E-state index < -0.39 is 0 Å². The van der Waals surface area contributed by atoms with Gasteiger partial charge in [-0.05, 0) is 36.5 Å². The van der Waals surface area contributed by atoms with Crippen LogP contribution in [0.4, 0.5) is 5.95 Å². The fourth-order valence-electron chi connectivity index (χ4n) is 3.55. The van der Waals surface area contributed by atoms with Crippen LogP contribution < -0.4 is 5.73 Å². The van der Waals surface area contributed by atoms with Gasteiger partial charge >= 0.3 is 0 Å². The van der Waals surface area contributed by atoms with E-state index in [-0.39, 0.29) is 5.95 Å². The Bertz CT molecular complexity index is 1050. The molecule has 1 saturated heterocycles. The number of anilines is 1. The summed E-state index contributed by atoms with van der Waals surface area (Å²) in [6.45, 7) is 0. The van der Waals surface area contributed by atoms with Gasteiger partial charge in [0.25, 0.3) is 0 Å². The second-order valence-electron chi connectivity index (χ2n) is 6.13. The quantitative estimate of drug-likeness (QED) is 0.597. The smallest absolute Gasteiger partial charge is 0.222 e. The predicted molar refractivity (Wildman–Crippen MR) is 99.5 cm³/mol. The van der Waals surface area contributed by atoms with Gasteiger partial charge in [0, 0.05) is 24.6 Å². The zero-order valence-electron chi connectivity index (χ0n) is 13.5. The van der Waals surface area contributed by atoms with Crippen LogP contribution in [0.1, 0.15) is 18.9 Å². The number of pyridine rings is 1. The summed E-state index contributed by atoms with van der Waals surface area (Å²) in [6.07, 6.45) is 7.76. The van der Waals surface area contributed by atoms with Gasteiger partial charge in [-0.2, -0.15) is 16.7 Å². The summed E-state index contributed by atoms with van der Waals surface area (Å²) in [7, 11) is 0. The van der Waals surface area contributed by atoms with Gasteiger partial charge in [0.05, 0.1) is 5.69 Å². The molecule has 5 heterocycles. The van der Waals surface area contributed by atoms with Gasteiger partial charge < -0.3 is 5.73 Å². The highest BCUT2D eigenvalue weighted by atomic mass is 32.2. The highest BCUT2D eigenvalue weighted by molar-refractivity contribution is 7.99. The van der Waals surface area contributed by atoms with E-state index in [0.717, 1.165) is 52.7 Å². The zero-order chi connectivity index (χ0) is 16.8. The fraction of sp³-hybridized carbons (Fsp3) is 0.294. The van der Waals surface area contributed by atoms with Crippen molar-refractivity contribution in [3.05, 3.63) is 36.8 Å².